The molecule has 0 aliphatic rings. The second kappa shape index (κ2) is 9.20. The molecule has 2 aromatic rings. The van der Waals surface area contributed by atoms with Crippen LogP contribution in [-0.2, 0) is 9.53 Å². The minimum Gasteiger partial charge on any atom is -0.508 e. The smallest absolute Gasteiger partial charge is 0.328 e. The highest BCUT2D eigenvalue weighted by molar-refractivity contribution is 6.37. The first-order valence-corrected chi connectivity index (χ1v) is 9.41. The molecule has 27 heavy (non-hydrogen) atoms. The van der Waals surface area contributed by atoms with E-state index >= 15 is 0 Å². The molecule has 1 atom stereocenters. The SMILES string of the molecule is CCOC(=O)C(C)Nc1cc(Cl)c(Oc2ccc(O)c(C(C)C)c2)c(Cl)c1. The van der Waals surface area contributed by atoms with Gasteiger partial charge in [-0.1, -0.05) is 37.0 Å². The number of benzene rings is 2. The Bertz CT molecular complexity index is 801. The average molecular weight is 412 g/mol. The van der Waals surface area contributed by atoms with Gasteiger partial charge in [0.1, 0.15) is 17.5 Å². The Balaban J connectivity index is 2.22. The van der Waals surface area contributed by atoms with Crippen LogP contribution in [0.4, 0.5) is 5.69 Å². The van der Waals surface area contributed by atoms with Gasteiger partial charge in [0.05, 0.1) is 16.7 Å². The van der Waals surface area contributed by atoms with Gasteiger partial charge in [0, 0.05) is 11.3 Å². The lowest BCUT2D eigenvalue weighted by molar-refractivity contribution is -0.143. The largest absolute Gasteiger partial charge is 0.508 e. The van der Waals surface area contributed by atoms with Gasteiger partial charge in [-0.2, -0.15) is 0 Å². The summed E-state index contributed by atoms with van der Waals surface area (Å²) in [6.07, 6.45) is 0. The van der Waals surface area contributed by atoms with Crippen LogP contribution in [0.1, 0.15) is 39.2 Å². The van der Waals surface area contributed by atoms with E-state index in [0.717, 1.165) is 5.56 Å². The molecular formula is C20H23Cl2NO4. The third-order valence-corrected chi connectivity index (χ3v) is 4.42. The summed E-state index contributed by atoms with van der Waals surface area (Å²) < 4.78 is 10.8. The number of nitrogens with one attached hydrogen (secondary N) is 1. The number of hydrogen-bond donors (Lipinski definition) is 2. The van der Waals surface area contributed by atoms with Crippen molar-refractivity contribution in [3.05, 3.63) is 45.9 Å². The van der Waals surface area contributed by atoms with Crippen molar-refractivity contribution in [2.75, 3.05) is 11.9 Å². The van der Waals surface area contributed by atoms with E-state index in [1.807, 2.05) is 13.8 Å². The number of phenols is 1. The number of carbonyl (C=O) groups excluding carboxylic acids is 1. The Morgan fingerprint density at radius 2 is 1.78 bits per heavy atom. The number of phenolic OH excluding ortho intramolecular Hbond substituents is 1. The average Bonchev–Trinajstić information content (AvgIpc) is 2.59. The topological polar surface area (TPSA) is 67.8 Å². The molecule has 0 aliphatic heterocycles. The van der Waals surface area contributed by atoms with Crippen LogP contribution in [0.15, 0.2) is 30.3 Å². The maximum absolute atomic E-state index is 11.7. The number of halogens is 2. The number of ether oxygens (including phenoxy) is 2. The van der Waals surface area contributed by atoms with Gasteiger partial charge in [0.15, 0.2) is 5.75 Å². The van der Waals surface area contributed by atoms with Crippen LogP contribution in [0.25, 0.3) is 0 Å². The monoisotopic (exact) mass is 411 g/mol. The zero-order chi connectivity index (χ0) is 20.1. The molecule has 0 amide bonds. The predicted molar refractivity (Wildman–Crippen MR) is 108 cm³/mol. The van der Waals surface area contributed by atoms with Crippen molar-refractivity contribution in [3.63, 3.8) is 0 Å². The molecule has 0 aromatic heterocycles. The molecule has 0 saturated heterocycles. The number of carbonyl (C=O) groups is 1. The normalized spacial score (nSPS) is 12.0. The molecule has 0 bridgehead atoms. The van der Waals surface area contributed by atoms with Crippen molar-refractivity contribution >= 4 is 34.9 Å². The fourth-order valence-electron chi connectivity index (χ4n) is 2.49. The molecule has 0 heterocycles. The molecule has 5 nitrogen and oxygen atoms in total. The number of anilines is 1. The first-order valence-electron chi connectivity index (χ1n) is 8.65. The van der Waals surface area contributed by atoms with Crippen LogP contribution in [0.2, 0.25) is 10.0 Å². The first-order chi connectivity index (χ1) is 12.7. The van der Waals surface area contributed by atoms with Crippen molar-refractivity contribution < 1.29 is 19.4 Å². The molecule has 0 fully saturated rings. The van der Waals surface area contributed by atoms with Crippen molar-refractivity contribution in [2.45, 2.75) is 39.7 Å². The van der Waals surface area contributed by atoms with Crippen LogP contribution in [0.3, 0.4) is 0 Å². The van der Waals surface area contributed by atoms with Crippen LogP contribution in [0, 0.1) is 0 Å². The third-order valence-electron chi connectivity index (χ3n) is 3.86. The summed E-state index contributed by atoms with van der Waals surface area (Å²) in [6.45, 7) is 7.70. The van der Waals surface area contributed by atoms with Crippen molar-refractivity contribution in [3.8, 4) is 17.2 Å². The van der Waals surface area contributed by atoms with Gasteiger partial charge in [-0.05, 0) is 50.1 Å². The fourth-order valence-corrected chi connectivity index (χ4v) is 3.06. The lowest BCUT2D eigenvalue weighted by Crippen LogP contribution is -2.28. The molecule has 0 spiro atoms. The fraction of sp³-hybridized carbons (Fsp3) is 0.350. The summed E-state index contributed by atoms with van der Waals surface area (Å²) in [4.78, 5) is 11.7. The van der Waals surface area contributed by atoms with Gasteiger partial charge in [-0.3, -0.25) is 0 Å². The second-order valence-corrected chi connectivity index (χ2v) is 7.18. The number of aromatic hydroxyl groups is 1. The zero-order valence-electron chi connectivity index (χ0n) is 15.7. The van der Waals surface area contributed by atoms with Crippen molar-refractivity contribution in [1.29, 1.82) is 0 Å². The minimum atomic E-state index is -0.547. The quantitative estimate of drug-likeness (QED) is 0.548. The minimum absolute atomic E-state index is 0.135. The standard InChI is InChI=1S/C20H23Cl2NO4/c1-5-26-20(25)12(4)23-13-8-16(21)19(17(22)9-13)27-14-6-7-18(24)15(10-14)11(2)3/h6-12,23-24H,5H2,1-4H3. The van der Waals surface area contributed by atoms with E-state index in [9.17, 15) is 9.90 Å². The van der Waals surface area contributed by atoms with Crippen molar-refractivity contribution in [2.24, 2.45) is 0 Å². The highest BCUT2D eigenvalue weighted by Crippen LogP contribution is 2.40. The molecule has 1 unspecified atom stereocenters. The van der Waals surface area contributed by atoms with E-state index in [-0.39, 0.29) is 17.6 Å². The summed E-state index contributed by atoms with van der Waals surface area (Å²) >= 11 is 12.7. The molecule has 7 heteroatoms. The van der Waals surface area contributed by atoms with Gasteiger partial charge in [-0.15, -0.1) is 0 Å². The molecule has 0 radical (unpaired) electrons. The van der Waals surface area contributed by atoms with E-state index in [0.29, 0.717) is 33.8 Å². The maximum atomic E-state index is 11.7. The van der Waals surface area contributed by atoms with Crippen LogP contribution in [-0.4, -0.2) is 23.7 Å². The highest BCUT2D eigenvalue weighted by Gasteiger charge is 2.17. The third kappa shape index (κ3) is 5.44. The second-order valence-electron chi connectivity index (χ2n) is 6.36. The van der Waals surface area contributed by atoms with Gasteiger partial charge in [0.2, 0.25) is 0 Å². The van der Waals surface area contributed by atoms with Gasteiger partial charge in [0.25, 0.3) is 0 Å². The number of esters is 1. The van der Waals surface area contributed by atoms with Crippen LogP contribution < -0.4 is 10.1 Å². The molecular weight excluding hydrogens is 389 g/mol. The summed E-state index contributed by atoms with van der Waals surface area (Å²) in [5.41, 5.74) is 1.34. The summed E-state index contributed by atoms with van der Waals surface area (Å²) in [5, 5.41) is 13.5. The van der Waals surface area contributed by atoms with Gasteiger partial charge >= 0.3 is 5.97 Å². The molecule has 2 aromatic carbocycles. The molecule has 146 valence electrons. The molecule has 2 N–H and O–H groups in total. The lowest BCUT2D eigenvalue weighted by atomic mass is 10.0. The Morgan fingerprint density at radius 3 is 2.33 bits per heavy atom. The maximum Gasteiger partial charge on any atom is 0.328 e. The van der Waals surface area contributed by atoms with Crippen LogP contribution in [0.5, 0.6) is 17.2 Å². The Labute approximate surface area is 169 Å². The first kappa shape index (κ1) is 21.2. The lowest BCUT2D eigenvalue weighted by Gasteiger charge is -2.17. The van der Waals surface area contributed by atoms with Crippen LogP contribution >= 0.6 is 23.2 Å². The van der Waals surface area contributed by atoms with Gasteiger partial charge in [-0.25, -0.2) is 4.79 Å². The van der Waals surface area contributed by atoms with E-state index in [4.69, 9.17) is 32.7 Å². The highest BCUT2D eigenvalue weighted by atomic mass is 35.5. The summed E-state index contributed by atoms with van der Waals surface area (Å²) in [6, 6.07) is 7.67. The zero-order valence-corrected chi connectivity index (χ0v) is 17.2. The van der Waals surface area contributed by atoms with Gasteiger partial charge < -0.3 is 19.9 Å². The number of rotatable bonds is 7. The van der Waals surface area contributed by atoms with Crippen molar-refractivity contribution in [1.82, 2.24) is 0 Å². The molecule has 0 aliphatic carbocycles. The molecule has 0 saturated carbocycles. The summed E-state index contributed by atoms with van der Waals surface area (Å²) in [7, 11) is 0. The predicted octanol–water partition coefficient (Wildman–Crippen LogP) is 5.98. The van der Waals surface area contributed by atoms with E-state index < -0.39 is 6.04 Å². The van der Waals surface area contributed by atoms with E-state index in [1.165, 1.54) is 0 Å². The Kier molecular flexibility index (Phi) is 7.22. The summed E-state index contributed by atoms with van der Waals surface area (Å²) in [5.74, 6) is 0.793. The number of hydrogen-bond acceptors (Lipinski definition) is 5. The van der Waals surface area contributed by atoms with E-state index in [2.05, 4.69) is 5.32 Å². The molecule has 2 rings (SSSR count). The Hall–Kier alpha value is -2.11. The Morgan fingerprint density at radius 1 is 1.15 bits per heavy atom. The van der Waals surface area contributed by atoms with E-state index in [1.54, 1.807) is 44.2 Å².